The molecule has 33 heavy (non-hydrogen) atoms. The van der Waals surface area contributed by atoms with E-state index >= 15 is 0 Å². The SMILES string of the molecule is CC(C)(C)OC(=O)N1CCC([C@H]2C[C@@H](n3cc(I)c4c(N)ncnc43)[C@@H]3OC(C)(C)O[C@@H]32)C1. The van der Waals surface area contributed by atoms with E-state index in [0.29, 0.717) is 24.8 Å². The van der Waals surface area contributed by atoms with E-state index in [1.54, 1.807) is 0 Å². The Balaban J connectivity index is 1.42. The maximum atomic E-state index is 12.6. The number of anilines is 1. The molecular formula is C23H32IN5O4. The van der Waals surface area contributed by atoms with Crippen molar-refractivity contribution < 1.29 is 19.0 Å². The summed E-state index contributed by atoms with van der Waals surface area (Å²) in [6, 6.07) is 0.0673. The first-order valence-corrected chi connectivity index (χ1v) is 12.6. The van der Waals surface area contributed by atoms with Crippen molar-refractivity contribution in [1.82, 2.24) is 19.4 Å². The maximum Gasteiger partial charge on any atom is 0.410 e. The summed E-state index contributed by atoms with van der Waals surface area (Å²) >= 11 is 2.29. The van der Waals surface area contributed by atoms with Crippen LogP contribution in [0.15, 0.2) is 12.5 Å². The average Bonchev–Trinajstić information content (AvgIpc) is 3.43. The largest absolute Gasteiger partial charge is 0.444 e. The summed E-state index contributed by atoms with van der Waals surface area (Å²) in [5.41, 5.74) is 6.49. The molecule has 5 atom stereocenters. The smallest absolute Gasteiger partial charge is 0.410 e. The quantitative estimate of drug-likeness (QED) is 0.547. The number of amides is 1. The van der Waals surface area contributed by atoms with Crippen molar-refractivity contribution in [3.63, 3.8) is 0 Å². The highest BCUT2D eigenvalue weighted by Crippen LogP contribution is 2.51. The molecule has 1 saturated carbocycles. The molecule has 9 nitrogen and oxygen atoms in total. The second-order valence-corrected chi connectivity index (χ2v) is 12.0. The zero-order valence-electron chi connectivity index (χ0n) is 19.7. The van der Waals surface area contributed by atoms with E-state index in [2.05, 4.69) is 43.3 Å². The van der Waals surface area contributed by atoms with Gasteiger partial charge in [-0.2, -0.15) is 0 Å². The van der Waals surface area contributed by atoms with Gasteiger partial charge in [-0.1, -0.05) is 0 Å². The number of ether oxygens (including phenoxy) is 3. The molecule has 2 aromatic heterocycles. The van der Waals surface area contributed by atoms with Gasteiger partial charge in [0.2, 0.25) is 0 Å². The highest BCUT2D eigenvalue weighted by atomic mass is 127. The van der Waals surface area contributed by atoms with Gasteiger partial charge >= 0.3 is 6.09 Å². The second kappa shape index (κ2) is 7.94. The predicted octanol–water partition coefficient (Wildman–Crippen LogP) is 3.96. The summed E-state index contributed by atoms with van der Waals surface area (Å²) in [4.78, 5) is 23.2. The van der Waals surface area contributed by atoms with Gasteiger partial charge in [0.25, 0.3) is 0 Å². The van der Waals surface area contributed by atoms with Crippen LogP contribution >= 0.6 is 22.6 Å². The van der Waals surface area contributed by atoms with Crippen LogP contribution < -0.4 is 5.73 Å². The van der Waals surface area contributed by atoms with Crippen LogP contribution in [-0.4, -0.2) is 62.2 Å². The molecule has 2 N–H and O–H groups in total. The summed E-state index contributed by atoms with van der Waals surface area (Å²) in [6.45, 7) is 11.0. The van der Waals surface area contributed by atoms with E-state index in [-0.39, 0.29) is 30.3 Å². The summed E-state index contributed by atoms with van der Waals surface area (Å²) in [6.07, 6.45) is 5.06. The van der Waals surface area contributed by atoms with Crippen LogP contribution in [0.25, 0.3) is 11.0 Å². The van der Waals surface area contributed by atoms with E-state index in [1.807, 2.05) is 39.5 Å². The van der Waals surface area contributed by atoms with Crippen molar-refractivity contribution in [2.75, 3.05) is 18.8 Å². The maximum absolute atomic E-state index is 12.6. The van der Waals surface area contributed by atoms with E-state index in [1.165, 1.54) is 6.33 Å². The van der Waals surface area contributed by atoms with Gasteiger partial charge in [0.1, 0.15) is 29.5 Å². The van der Waals surface area contributed by atoms with Gasteiger partial charge in [-0.05, 0) is 81.9 Å². The molecule has 3 fully saturated rings. The topological polar surface area (TPSA) is 105 Å². The predicted molar refractivity (Wildman–Crippen MR) is 132 cm³/mol. The van der Waals surface area contributed by atoms with Crippen LogP contribution in [0.5, 0.6) is 0 Å². The van der Waals surface area contributed by atoms with Gasteiger partial charge in [0.05, 0.1) is 17.5 Å². The molecule has 1 amide bonds. The first kappa shape index (κ1) is 23.1. The number of aromatic nitrogens is 3. The number of hydrogen-bond donors (Lipinski definition) is 1. The van der Waals surface area contributed by atoms with E-state index < -0.39 is 11.4 Å². The lowest BCUT2D eigenvalue weighted by atomic mass is 9.88. The zero-order chi connectivity index (χ0) is 23.7. The van der Waals surface area contributed by atoms with Crippen molar-refractivity contribution >= 4 is 45.5 Å². The first-order valence-electron chi connectivity index (χ1n) is 11.5. The number of nitrogen functional groups attached to an aromatic ring is 1. The Morgan fingerprint density at radius 3 is 2.73 bits per heavy atom. The third-order valence-electron chi connectivity index (χ3n) is 6.91. The van der Waals surface area contributed by atoms with Crippen LogP contribution in [0.3, 0.4) is 0 Å². The van der Waals surface area contributed by atoms with Crippen molar-refractivity contribution in [1.29, 1.82) is 0 Å². The van der Waals surface area contributed by atoms with Crippen molar-refractivity contribution in [3.05, 3.63) is 16.1 Å². The third-order valence-corrected chi connectivity index (χ3v) is 7.73. The Morgan fingerprint density at radius 2 is 2.00 bits per heavy atom. The standard InChI is InChI=1S/C23H32IN5O4/c1-22(2,3)33-21(30)28-7-6-12(9-28)13-8-15(18-17(13)31-23(4,5)32-18)29-10-14(24)16-19(25)26-11-27-20(16)29/h10-13,15,17-18H,6-9H2,1-5H3,(H2,25,26,27)/t12?,13-,15-,17-,18+/m1/s1. The zero-order valence-corrected chi connectivity index (χ0v) is 21.9. The molecule has 180 valence electrons. The highest BCUT2D eigenvalue weighted by molar-refractivity contribution is 14.1. The summed E-state index contributed by atoms with van der Waals surface area (Å²) < 4.78 is 21.7. The lowest BCUT2D eigenvalue weighted by Gasteiger charge is -2.28. The minimum atomic E-state index is -0.653. The molecule has 1 aliphatic carbocycles. The fourth-order valence-corrected chi connectivity index (χ4v) is 6.49. The average molecular weight is 569 g/mol. The van der Waals surface area contributed by atoms with Crippen molar-refractivity contribution in [3.8, 4) is 0 Å². The van der Waals surface area contributed by atoms with Crippen molar-refractivity contribution in [2.24, 2.45) is 11.8 Å². The second-order valence-electron chi connectivity index (χ2n) is 10.8. The van der Waals surface area contributed by atoms with Gasteiger partial charge < -0.3 is 29.4 Å². The number of carbonyl (C=O) groups excluding carboxylic acids is 1. The fraction of sp³-hybridized carbons (Fsp3) is 0.696. The first-order chi connectivity index (χ1) is 15.4. The normalized spacial score (nSPS) is 31.3. The summed E-state index contributed by atoms with van der Waals surface area (Å²) in [5, 5.41) is 0.883. The van der Waals surface area contributed by atoms with Gasteiger partial charge in [-0.15, -0.1) is 0 Å². The van der Waals surface area contributed by atoms with Crippen LogP contribution in [0.4, 0.5) is 10.6 Å². The molecule has 3 aliphatic rings. The number of nitrogens with zero attached hydrogens (tertiary/aromatic N) is 4. The highest BCUT2D eigenvalue weighted by Gasteiger charge is 2.57. The molecule has 2 saturated heterocycles. The molecule has 10 heteroatoms. The lowest BCUT2D eigenvalue weighted by Crippen LogP contribution is -2.37. The van der Waals surface area contributed by atoms with E-state index in [0.717, 1.165) is 27.4 Å². The number of halogens is 1. The summed E-state index contributed by atoms with van der Waals surface area (Å²) in [5.74, 6) is 0.429. The molecule has 1 unspecified atom stereocenters. The van der Waals surface area contributed by atoms with E-state index in [9.17, 15) is 4.79 Å². The fourth-order valence-electron chi connectivity index (χ4n) is 5.67. The Labute approximate surface area is 207 Å². The van der Waals surface area contributed by atoms with E-state index in [4.69, 9.17) is 19.9 Å². The number of likely N-dealkylation sites (tertiary alicyclic amines) is 1. The number of nitrogens with two attached hydrogens (primary N) is 1. The molecule has 2 aliphatic heterocycles. The molecule has 0 radical (unpaired) electrons. The summed E-state index contributed by atoms with van der Waals surface area (Å²) in [7, 11) is 0. The van der Waals surface area contributed by atoms with Gasteiger partial charge in [-0.25, -0.2) is 14.8 Å². The lowest BCUT2D eigenvalue weighted by molar-refractivity contribution is -0.162. The van der Waals surface area contributed by atoms with Gasteiger partial charge in [-0.3, -0.25) is 0 Å². The molecule has 0 aromatic carbocycles. The number of hydrogen-bond acceptors (Lipinski definition) is 7. The van der Waals surface area contributed by atoms with Crippen LogP contribution in [0.2, 0.25) is 0 Å². The van der Waals surface area contributed by atoms with Crippen molar-refractivity contribution in [2.45, 2.75) is 77.1 Å². The van der Waals surface area contributed by atoms with Gasteiger partial charge in [0.15, 0.2) is 5.79 Å². The van der Waals surface area contributed by atoms with Crippen LogP contribution in [0.1, 0.15) is 53.5 Å². The number of carbonyl (C=O) groups is 1. The van der Waals surface area contributed by atoms with Gasteiger partial charge in [0, 0.05) is 22.9 Å². The Kier molecular flexibility index (Phi) is 5.56. The minimum absolute atomic E-state index is 0.0390. The molecule has 0 spiro atoms. The number of rotatable bonds is 2. The Morgan fingerprint density at radius 1 is 1.27 bits per heavy atom. The molecule has 0 bridgehead atoms. The van der Waals surface area contributed by atoms with Crippen LogP contribution in [-0.2, 0) is 14.2 Å². The Hall–Kier alpha value is -1.66. The Bertz CT molecular complexity index is 1080. The third kappa shape index (κ3) is 4.18. The molecular weight excluding hydrogens is 537 g/mol. The molecule has 4 heterocycles. The molecule has 5 rings (SSSR count). The van der Waals surface area contributed by atoms with Crippen LogP contribution in [0, 0.1) is 15.4 Å². The minimum Gasteiger partial charge on any atom is -0.444 e. The monoisotopic (exact) mass is 569 g/mol. The molecule has 2 aromatic rings. The number of fused-ring (bicyclic) bond motifs is 2.